The predicted octanol–water partition coefficient (Wildman–Crippen LogP) is 0.947. The highest BCUT2D eigenvalue weighted by atomic mass is 32.1. The van der Waals surface area contributed by atoms with E-state index in [1.807, 2.05) is 7.05 Å². The molecule has 2 amide bonds. The Labute approximate surface area is 119 Å². The lowest BCUT2D eigenvalue weighted by Gasteiger charge is -2.31. The van der Waals surface area contributed by atoms with Crippen molar-refractivity contribution >= 4 is 28.6 Å². The number of piperazine rings is 1. The second-order valence-corrected chi connectivity index (χ2v) is 5.49. The van der Waals surface area contributed by atoms with Gasteiger partial charge in [-0.25, -0.2) is 10.2 Å². The Balaban J connectivity index is 1.83. The SMILES string of the molecule is CN1CCN(C(=O)N/N=C/c2ccc([N+](=O)[O-])s2)CC1. The third-order valence-corrected chi connectivity index (χ3v) is 3.91. The lowest BCUT2D eigenvalue weighted by molar-refractivity contribution is -0.380. The van der Waals surface area contributed by atoms with Crippen molar-refractivity contribution in [2.24, 2.45) is 5.10 Å². The molecule has 0 saturated carbocycles. The van der Waals surface area contributed by atoms with Gasteiger partial charge in [-0.1, -0.05) is 11.3 Å². The molecule has 0 bridgehead atoms. The van der Waals surface area contributed by atoms with Crippen molar-refractivity contribution in [2.75, 3.05) is 33.2 Å². The van der Waals surface area contributed by atoms with Gasteiger partial charge in [0.2, 0.25) is 0 Å². The first-order valence-electron chi connectivity index (χ1n) is 6.07. The minimum absolute atomic E-state index is 0.0526. The van der Waals surface area contributed by atoms with Crippen molar-refractivity contribution in [3.05, 3.63) is 27.1 Å². The van der Waals surface area contributed by atoms with Crippen LogP contribution in [-0.4, -0.2) is 60.2 Å². The number of amides is 2. The highest BCUT2D eigenvalue weighted by Crippen LogP contribution is 2.22. The zero-order valence-corrected chi connectivity index (χ0v) is 11.8. The number of rotatable bonds is 3. The van der Waals surface area contributed by atoms with E-state index >= 15 is 0 Å². The number of thiophene rings is 1. The lowest BCUT2D eigenvalue weighted by Crippen LogP contribution is -2.49. The largest absolute Gasteiger partial charge is 0.337 e. The van der Waals surface area contributed by atoms with Crippen LogP contribution in [0.1, 0.15) is 4.88 Å². The van der Waals surface area contributed by atoms with Crippen LogP contribution in [0.15, 0.2) is 17.2 Å². The molecule has 0 spiro atoms. The number of carbonyl (C=O) groups excluding carboxylic acids is 1. The van der Waals surface area contributed by atoms with Gasteiger partial charge in [0.25, 0.3) is 0 Å². The standard InChI is InChI=1S/C11H15N5O3S/c1-14-4-6-15(7-5-14)11(17)13-12-8-9-2-3-10(20-9)16(18)19/h2-3,8H,4-7H2,1H3,(H,13,17)/b12-8+. The summed E-state index contributed by atoms with van der Waals surface area (Å²) in [6, 6.07) is 2.75. The molecule has 2 rings (SSSR count). The maximum atomic E-state index is 11.8. The Morgan fingerprint density at radius 3 is 2.75 bits per heavy atom. The summed E-state index contributed by atoms with van der Waals surface area (Å²) in [6.07, 6.45) is 1.41. The molecule has 1 fully saturated rings. The van der Waals surface area contributed by atoms with Crippen LogP contribution in [0, 0.1) is 10.1 Å². The average Bonchev–Trinajstić information content (AvgIpc) is 2.88. The van der Waals surface area contributed by atoms with Crippen LogP contribution in [0.5, 0.6) is 0 Å². The quantitative estimate of drug-likeness (QED) is 0.511. The number of nitrogens with zero attached hydrogens (tertiary/aromatic N) is 4. The minimum Gasteiger partial charge on any atom is -0.321 e. The van der Waals surface area contributed by atoms with Crippen molar-refractivity contribution in [1.29, 1.82) is 0 Å². The summed E-state index contributed by atoms with van der Waals surface area (Å²) in [7, 11) is 2.01. The van der Waals surface area contributed by atoms with E-state index in [1.165, 1.54) is 12.3 Å². The zero-order valence-electron chi connectivity index (χ0n) is 11.0. The van der Waals surface area contributed by atoms with Gasteiger partial charge >= 0.3 is 11.0 Å². The van der Waals surface area contributed by atoms with Crippen molar-refractivity contribution in [3.8, 4) is 0 Å². The van der Waals surface area contributed by atoms with Crippen molar-refractivity contribution in [2.45, 2.75) is 0 Å². The van der Waals surface area contributed by atoms with E-state index in [2.05, 4.69) is 15.4 Å². The fraction of sp³-hybridized carbons (Fsp3) is 0.455. The second-order valence-electron chi connectivity index (χ2n) is 4.40. The molecule has 0 unspecified atom stereocenters. The van der Waals surface area contributed by atoms with Gasteiger partial charge in [-0.3, -0.25) is 10.1 Å². The Hall–Kier alpha value is -2.00. The molecule has 108 valence electrons. The minimum atomic E-state index is -0.454. The van der Waals surface area contributed by atoms with Crippen LogP contribution in [-0.2, 0) is 0 Å². The third-order valence-electron chi connectivity index (χ3n) is 2.94. The lowest BCUT2D eigenvalue weighted by atomic mass is 10.3. The molecule has 0 aliphatic carbocycles. The molecule has 2 heterocycles. The summed E-state index contributed by atoms with van der Waals surface area (Å²) in [5.74, 6) is 0. The van der Waals surface area contributed by atoms with Crippen molar-refractivity contribution in [3.63, 3.8) is 0 Å². The van der Waals surface area contributed by atoms with Gasteiger partial charge in [0.1, 0.15) is 0 Å². The number of hydrazone groups is 1. The van der Waals surface area contributed by atoms with E-state index in [-0.39, 0.29) is 11.0 Å². The highest BCUT2D eigenvalue weighted by Gasteiger charge is 2.18. The van der Waals surface area contributed by atoms with Crippen LogP contribution < -0.4 is 5.43 Å². The van der Waals surface area contributed by atoms with Crippen LogP contribution in [0.25, 0.3) is 0 Å². The number of hydrogen-bond donors (Lipinski definition) is 1. The number of nitrogens with one attached hydrogen (secondary N) is 1. The fourth-order valence-electron chi connectivity index (χ4n) is 1.74. The second kappa shape index (κ2) is 6.44. The first-order valence-corrected chi connectivity index (χ1v) is 6.88. The number of likely N-dealkylation sites (N-methyl/N-ethyl adjacent to an activating group) is 1. The molecular formula is C11H15N5O3S. The summed E-state index contributed by atoms with van der Waals surface area (Å²) < 4.78 is 0. The normalized spacial score (nSPS) is 16.6. The number of hydrogen-bond acceptors (Lipinski definition) is 6. The van der Waals surface area contributed by atoms with Crippen LogP contribution in [0.3, 0.4) is 0 Å². The Kier molecular flexibility index (Phi) is 4.64. The van der Waals surface area contributed by atoms with Gasteiger partial charge in [0.05, 0.1) is 16.0 Å². The molecule has 20 heavy (non-hydrogen) atoms. The topological polar surface area (TPSA) is 91.1 Å². The molecule has 1 aliphatic heterocycles. The van der Waals surface area contributed by atoms with Gasteiger partial charge in [-0.2, -0.15) is 5.10 Å². The molecule has 1 N–H and O–H groups in total. The highest BCUT2D eigenvalue weighted by molar-refractivity contribution is 7.16. The summed E-state index contributed by atoms with van der Waals surface area (Å²) in [6.45, 7) is 3.02. The smallest absolute Gasteiger partial charge is 0.321 e. The van der Waals surface area contributed by atoms with Crippen LogP contribution in [0.4, 0.5) is 9.80 Å². The fourth-order valence-corrected chi connectivity index (χ4v) is 2.43. The van der Waals surface area contributed by atoms with Gasteiger partial charge in [0.15, 0.2) is 0 Å². The molecule has 0 atom stereocenters. The van der Waals surface area contributed by atoms with Gasteiger partial charge in [-0.15, -0.1) is 0 Å². The number of carbonyl (C=O) groups is 1. The summed E-state index contributed by atoms with van der Waals surface area (Å²) in [5, 5.41) is 14.4. The van der Waals surface area contributed by atoms with E-state index in [1.54, 1.807) is 11.0 Å². The maximum absolute atomic E-state index is 11.8. The van der Waals surface area contributed by atoms with Gasteiger partial charge < -0.3 is 9.80 Å². The summed E-state index contributed by atoms with van der Waals surface area (Å²) in [4.78, 5) is 26.3. The Morgan fingerprint density at radius 1 is 1.45 bits per heavy atom. The molecule has 0 radical (unpaired) electrons. The third kappa shape index (κ3) is 3.75. The molecule has 8 nitrogen and oxygen atoms in total. The monoisotopic (exact) mass is 297 g/mol. The Bertz CT molecular complexity index is 522. The first kappa shape index (κ1) is 14.4. The van der Waals surface area contributed by atoms with E-state index < -0.39 is 4.92 Å². The van der Waals surface area contributed by atoms with Crippen molar-refractivity contribution in [1.82, 2.24) is 15.2 Å². The van der Waals surface area contributed by atoms with E-state index in [9.17, 15) is 14.9 Å². The molecule has 1 aromatic rings. The van der Waals surface area contributed by atoms with Crippen LogP contribution >= 0.6 is 11.3 Å². The molecule has 1 aliphatic rings. The van der Waals surface area contributed by atoms with E-state index in [0.29, 0.717) is 18.0 Å². The molecule has 9 heteroatoms. The van der Waals surface area contributed by atoms with Crippen LogP contribution in [0.2, 0.25) is 0 Å². The molecular weight excluding hydrogens is 282 g/mol. The van der Waals surface area contributed by atoms with Crippen molar-refractivity contribution < 1.29 is 9.72 Å². The average molecular weight is 297 g/mol. The first-order chi connectivity index (χ1) is 9.56. The summed E-state index contributed by atoms with van der Waals surface area (Å²) >= 11 is 1.01. The number of urea groups is 1. The van der Waals surface area contributed by atoms with E-state index in [0.717, 1.165) is 24.4 Å². The maximum Gasteiger partial charge on any atom is 0.337 e. The molecule has 1 saturated heterocycles. The molecule has 1 aromatic heterocycles. The van der Waals surface area contributed by atoms with E-state index in [4.69, 9.17) is 0 Å². The number of nitro groups is 1. The Morgan fingerprint density at radius 2 is 2.15 bits per heavy atom. The van der Waals surface area contributed by atoms with Gasteiger partial charge in [-0.05, 0) is 13.1 Å². The van der Waals surface area contributed by atoms with Gasteiger partial charge in [0, 0.05) is 32.2 Å². The summed E-state index contributed by atoms with van der Waals surface area (Å²) in [5.41, 5.74) is 2.43. The zero-order chi connectivity index (χ0) is 14.5. The predicted molar refractivity (Wildman–Crippen MR) is 76.2 cm³/mol. The molecule has 0 aromatic carbocycles.